The van der Waals surface area contributed by atoms with Crippen LogP contribution < -0.4 is 10.6 Å². The van der Waals surface area contributed by atoms with Gasteiger partial charge in [-0.25, -0.2) is 0 Å². The summed E-state index contributed by atoms with van der Waals surface area (Å²) in [6, 6.07) is 4.09. The summed E-state index contributed by atoms with van der Waals surface area (Å²) in [5.41, 5.74) is 4.16. The molecule has 1 aromatic carbocycles. The Morgan fingerprint density at radius 3 is 2.83 bits per heavy atom. The van der Waals surface area contributed by atoms with Gasteiger partial charge in [0.05, 0.1) is 18.7 Å². The Labute approximate surface area is 184 Å². The standard InChI is InChI=1S/C23H31N3O3.ClH/c1-15-7-8-19-18(14-29-22(19)16(15)2)11-21(27)26-10-4-5-17(13-26)12-25-23(28)20-6-3-9-24-20;/h7-8,14,17,20,24H,3-6,9-13H2,1-2H3,(H,25,28);1H. The number of amides is 2. The zero-order valence-corrected chi connectivity index (χ0v) is 18.6. The van der Waals surface area contributed by atoms with Crippen LogP contribution in [0.2, 0.25) is 0 Å². The molecule has 0 aliphatic carbocycles. The molecule has 0 radical (unpaired) electrons. The second-order valence-corrected chi connectivity index (χ2v) is 8.56. The number of furan rings is 1. The molecule has 30 heavy (non-hydrogen) atoms. The van der Waals surface area contributed by atoms with Crippen LogP contribution in [0.25, 0.3) is 11.0 Å². The molecule has 4 rings (SSSR count). The summed E-state index contributed by atoms with van der Waals surface area (Å²) < 4.78 is 5.76. The van der Waals surface area contributed by atoms with Gasteiger partial charge in [0.15, 0.2) is 0 Å². The molecular formula is C23H32ClN3O3. The van der Waals surface area contributed by atoms with E-state index in [2.05, 4.69) is 36.6 Å². The summed E-state index contributed by atoms with van der Waals surface area (Å²) in [6.45, 7) is 7.20. The van der Waals surface area contributed by atoms with E-state index in [4.69, 9.17) is 4.42 Å². The largest absolute Gasteiger partial charge is 0.464 e. The molecule has 2 aliphatic rings. The van der Waals surface area contributed by atoms with Crippen molar-refractivity contribution < 1.29 is 14.0 Å². The first-order chi connectivity index (χ1) is 14.0. The molecule has 2 fully saturated rings. The molecular weight excluding hydrogens is 402 g/mol. The maximum atomic E-state index is 12.9. The second kappa shape index (κ2) is 9.84. The molecule has 1 aromatic heterocycles. The Balaban J connectivity index is 0.00000256. The van der Waals surface area contributed by atoms with Gasteiger partial charge in [-0.15, -0.1) is 12.4 Å². The lowest BCUT2D eigenvalue weighted by molar-refractivity contribution is -0.132. The third kappa shape index (κ3) is 4.81. The van der Waals surface area contributed by atoms with Crippen LogP contribution in [0.4, 0.5) is 0 Å². The van der Waals surface area contributed by atoms with Crippen LogP contribution in [0.1, 0.15) is 42.4 Å². The predicted octanol–water partition coefficient (Wildman–Crippen LogP) is 3.12. The number of carbonyl (C=O) groups excluding carboxylic acids is 2. The van der Waals surface area contributed by atoms with Crippen molar-refractivity contribution in [3.05, 3.63) is 35.1 Å². The lowest BCUT2D eigenvalue weighted by Gasteiger charge is -2.33. The van der Waals surface area contributed by atoms with Gasteiger partial charge in [-0.1, -0.05) is 12.1 Å². The molecule has 2 unspecified atom stereocenters. The molecule has 0 saturated carbocycles. The molecule has 2 aromatic rings. The number of fused-ring (bicyclic) bond motifs is 1. The highest BCUT2D eigenvalue weighted by molar-refractivity contribution is 5.89. The van der Waals surface area contributed by atoms with Gasteiger partial charge in [-0.05, 0) is 63.1 Å². The number of rotatable bonds is 5. The van der Waals surface area contributed by atoms with Crippen LogP contribution >= 0.6 is 12.4 Å². The molecule has 0 bridgehead atoms. The molecule has 2 saturated heterocycles. The summed E-state index contributed by atoms with van der Waals surface area (Å²) in [5.74, 6) is 0.560. The number of nitrogens with one attached hydrogen (secondary N) is 2. The lowest BCUT2D eigenvalue weighted by atomic mass is 9.97. The van der Waals surface area contributed by atoms with E-state index in [0.29, 0.717) is 25.4 Å². The zero-order valence-electron chi connectivity index (χ0n) is 17.8. The minimum absolute atomic E-state index is 0. The van der Waals surface area contributed by atoms with Gasteiger partial charge in [0, 0.05) is 30.6 Å². The molecule has 2 aliphatic heterocycles. The van der Waals surface area contributed by atoms with Gasteiger partial charge < -0.3 is 20.0 Å². The Hall–Kier alpha value is -2.05. The van der Waals surface area contributed by atoms with Crippen LogP contribution in [0.15, 0.2) is 22.8 Å². The fourth-order valence-electron chi connectivity index (χ4n) is 4.53. The first kappa shape index (κ1) is 22.6. The Bertz CT molecular complexity index is 904. The van der Waals surface area contributed by atoms with E-state index < -0.39 is 0 Å². The average molecular weight is 434 g/mol. The van der Waals surface area contributed by atoms with Gasteiger partial charge in [-0.2, -0.15) is 0 Å². The van der Waals surface area contributed by atoms with Crippen LogP contribution in [-0.4, -0.2) is 48.9 Å². The smallest absolute Gasteiger partial charge is 0.237 e. The quantitative estimate of drug-likeness (QED) is 0.759. The summed E-state index contributed by atoms with van der Waals surface area (Å²) in [6.07, 6.45) is 6.10. The van der Waals surface area contributed by atoms with E-state index in [9.17, 15) is 9.59 Å². The molecule has 164 valence electrons. The highest BCUT2D eigenvalue weighted by Gasteiger charge is 2.27. The number of benzene rings is 1. The zero-order chi connectivity index (χ0) is 20.4. The second-order valence-electron chi connectivity index (χ2n) is 8.56. The van der Waals surface area contributed by atoms with E-state index in [1.165, 1.54) is 5.56 Å². The van der Waals surface area contributed by atoms with E-state index in [1.807, 2.05) is 4.90 Å². The van der Waals surface area contributed by atoms with E-state index in [0.717, 1.165) is 60.9 Å². The highest BCUT2D eigenvalue weighted by Crippen LogP contribution is 2.27. The average Bonchev–Trinajstić information content (AvgIpc) is 3.40. The molecule has 0 spiro atoms. The predicted molar refractivity (Wildman–Crippen MR) is 120 cm³/mol. The third-order valence-corrected chi connectivity index (χ3v) is 6.50. The molecule has 2 N–H and O–H groups in total. The molecule has 7 heteroatoms. The number of aryl methyl sites for hydroxylation is 2. The highest BCUT2D eigenvalue weighted by atomic mass is 35.5. The van der Waals surface area contributed by atoms with Crippen LogP contribution in [0, 0.1) is 19.8 Å². The van der Waals surface area contributed by atoms with Gasteiger partial charge in [0.2, 0.25) is 11.8 Å². The van der Waals surface area contributed by atoms with Crippen molar-refractivity contribution in [2.45, 2.75) is 52.0 Å². The van der Waals surface area contributed by atoms with Gasteiger partial charge >= 0.3 is 0 Å². The Morgan fingerprint density at radius 1 is 1.23 bits per heavy atom. The molecule has 6 nitrogen and oxygen atoms in total. The Morgan fingerprint density at radius 2 is 2.07 bits per heavy atom. The number of nitrogens with zero attached hydrogens (tertiary/aromatic N) is 1. The number of carbonyl (C=O) groups is 2. The van der Waals surface area contributed by atoms with Crippen molar-refractivity contribution in [1.29, 1.82) is 0 Å². The van der Waals surface area contributed by atoms with E-state index >= 15 is 0 Å². The maximum Gasteiger partial charge on any atom is 0.237 e. The number of likely N-dealkylation sites (tertiary alicyclic amines) is 1. The summed E-state index contributed by atoms with van der Waals surface area (Å²) in [5, 5.41) is 7.35. The van der Waals surface area contributed by atoms with Crippen LogP contribution in [0.5, 0.6) is 0 Å². The molecule has 3 heterocycles. The number of hydrogen-bond acceptors (Lipinski definition) is 4. The maximum absolute atomic E-state index is 12.9. The fourth-order valence-corrected chi connectivity index (χ4v) is 4.53. The van der Waals surface area contributed by atoms with Crippen molar-refractivity contribution >= 4 is 35.2 Å². The lowest BCUT2D eigenvalue weighted by Crippen LogP contribution is -2.47. The van der Waals surface area contributed by atoms with Crippen molar-refractivity contribution in [2.24, 2.45) is 5.92 Å². The number of hydrogen-bond donors (Lipinski definition) is 2. The topological polar surface area (TPSA) is 74.6 Å². The SMILES string of the molecule is Cc1ccc2c(CC(=O)N3CCCC(CNC(=O)C4CCCN4)C3)coc2c1C.Cl. The summed E-state index contributed by atoms with van der Waals surface area (Å²) in [4.78, 5) is 27.1. The monoisotopic (exact) mass is 433 g/mol. The first-order valence-corrected chi connectivity index (χ1v) is 10.8. The van der Waals surface area contributed by atoms with Gasteiger partial charge in [0.25, 0.3) is 0 Å². The Kier molecular flexibility index (Phi) is 7.42. The summed E-state index contributed by atoms with van der Waals surface area (Å²) >= 11 is 0. The van der Waals surface area contributed by atoms with E-state index in [-0.39, 0.29) is 30.3 Å². The van der Waals surface area contributed by atoms with Crippen molar-refractivity contribution in [3.8, 4) is 0 Å². The normalized spacial score (nSPS) is 21.5. The van der Waals surface area contributed by atoms with Gasteiger partial charge in [-0.3, -0.25) is 9.59 Å². The summed E-state index contributed by atoms with van der Waals surface area (Å²) in [7, 11) is 0. The van der Waals surface area contributed by atoms with Crippen molar-refractivity contribution in [2.75, 3.05) is 26.2 Å². The third-order valence-electron chi connectivity index (χ3n) is 6.50. The van der Waals surface area contributed by atoms with E-state index in [1.54, 1.807) is 6.26 Å². The first-order valence-electron chi connectivity index (χ1n) is 10.8. The number of halogens is 1. The van der Waals surface area contributed by atoms with Crippen LogP contribution in [-0.2, 0) is 16.0 Å². The fraction of sp³-hybridized carbons (Fsp3) is 0.565. The van der Waals surface area contributed by atoms with Crippen molar-refractivity contribution in [1.82, 2.24) is 15.5 Å². The minimum Gasteiger partial charge on any atom is -0.464 e. The number of piperidine rings is 1. The minimum atomic E-state index is -0.0437. The van der Waals surface area contributed by atoms with Crippen LogP contribution in [0.3, 0.4) is 0 Å². The molecule has 2 atom stereocenters. The van der Waals surface area contributed by atoms with Crippen molar-refractivity contribution in [3.63, 3.8) is 0 Å². The van der Waals surface area contributed by atoms with Gasteiger partial charge in [0.1, 0.15) is 5.58 Å². The molecule has 2 amide bonds.